The molecule has 29 heavy (non-hydrogen) atoms. The molecule has 0 spiro atoms. The first kappa shape index (κ1) is 18.5. The number of tetrazole rings is 1. The predicted molar refractivity (Wildman–Crippen MR) is 104 cm³/mol. The minimum atomic E-state index is -0.755. The summed E-state index contributed by atoms with van der Waals surface area (Å²) in [5.41, 5.74) is 1.19. The molecule has 0 aliphatic carbocycles. The van der Waals surface area contributed by atoms with Crippen LogP contribution in [0.4, 0.5) is 0 Å². The molecule has 0 bridgehead atoms. The van der Waals surface area contributed by atoms with Crippen molar-refractivity contribution in [3.63, 3.8) is 0 Å². The molecule has 0 aliphatic heterocycles. The lowest BCUT2D eigenvalue weighted by molar-refractivity contribution is -0.153. The second-order valence-corrected chi connectivity index (χ2v) is 6.54. The zero-order valence-corrected chi connectivity index (χ0v) is 15.6. The molecule has 0 saturated heterocycles. The average Bonchev–Trinajstić information content (AvgIpc) is 3.27. The van der Waals surface area contributed by atoms with E-state index < -0.39 is 18.1 Å². The number of ether oxygens (including phenoxy) is 1. The molecule has 0 saturated carbocycles. The normalized spacial score (nSPS) is 13.1. The number of nitrogens with one attached hydrogen (secondary N) is 1. The third kappa shape index (κ3) is 4.03. The number of hydrogen-bond acceptors (Lipinski definition) is 7. The van der Waals surface area contributed by atoms with Gasteiger partial charge in [-0.05, 0) is 35.0 Å². The van der Waals surface area contributed by atoms with Gasteiger partial charge in [0.05, 0.1) is 10.9 Å². The Morgan fingerprint density at radius 3 is 2.66 bits per heavy atom. The molecular formula is C20H18N6O3. The molecule has 9 nitrogen and oxygen atoms in total. The maximum absolute atomic E-state index is 12.9. The van der Waals surface area contributed by atoms with Crippen molar-refractivity contribution in [2.45, 2.75) is 25.5 Å². The number of carbonyl (C=O) groups is 1. The molecule has 2 atom stereocenters. The lowest BCUT2D eigenvalue weighted by atomic mass is 10.1. The highest BCUT2D eigenvalue weighted by molar-refractivity contribution is 5.77. The topological polar surface area (TPSA) is 116 Å². The van der Waals surface area contributed by atoms with Crippen molar-refractivity contribution in [3.8, 4) is 0 Å². The summed E-state index contributed by atoms with van der Waals surface area (Å²) >= 11 is 0. The van der Waals surface area contributed by atoms with Gasteiger partial charge in [-0.2, -0.15) is 0 Å². The van der Waals surface area contributed by atoms with E-state index in [4.69, 9.17) is 4.74 Å². The smallest absolute Gasteiger partial charge is 0.332 e. The summed E-state index contributed by atoms with van der Waals surface area (Å²) in [5.74, 6) is -0.248. The van der Waals surface area contributed by atoms with Crippen molar-refractivity contribution in [1.29, 1.82) is 0 Å². The minimum absolute atomic E-state index is 0.275. The summed E-state index contributed by atoms with van der Waals surface area (Å²) < 4.78 is 6.97. The predicted octanol–water partition coefficient (Wildman–Crippen LogP) is 2.00. The quantitative estimate of drug-likeness (QED) is 0.501. The second-order valence-electron chi connectivity index (χ2n) is 6.54. The van der Waals surface area contributed by atoms with Crippen LogP contribution in [0.5, 0.6) is 0 Å². The van der Waals surface area contributed by atoms with Crippen LogP contribution >= 0.6 is 0 Å². The molecule has 0 amide bonds. The SMILES string of the molecule is C[C@H](OC(=O)[C@@H](Cc1ccccc1)n1cnnn1)c1nc2ccccc2c(=O)[nH]1. The van der Waals surface area contributed by atoms with Gasteiger partial charge in [0, 0.05) is 6.42 Å². The van der Waals surface area contributed by atoms with Crippen molar-refractivity contribution in [3.05, 3.63) is 82.7 Å². The number of rotatable bonds is 6. The fraction of sp³-hybridized carbons (Fsp3) is 0.200. The minimum Gasteiger partial charge on any atom is -0.453 e. The van der Waals surface area contributed by atoms with E-state index in [2.05, 4.69) is 25.5 Å². The zero-order valence-electron chi connectivity index (χ0n) is 15.6. The highest BCUT2D eigenvalue weighted by atomic mass is 16.5. The van der Waals surface area contributed by atoms with Crippen molar-refractivity contribution >= 4 is 16.9 Å². The lowest BCUT2D eigenvalue weighted by Gasteiger charge is -2.19. The van der Waals surface area contributed by atoms with Crippen LogP contribution in [0.1, 0.15) is 30.5 Å². The summed E-state index contributed by atoms with van der Waals surface area (Å²) in [6.45, 7) is 1.66. The van der Waals surface area contributed by atoms with E-state index in [0.29, 0.717) is 17.3 Å². The number of aromatic nitrogens is 6. The number of hydrogen-bond donors (Lipinski definition) is 1. The van der Waals surface area contributed by atoms with Gasteiger partial charge in [0.15, 0.2) is 18.0 Å². The number of fused-ring (bicyclic) bond motifs is 1. The first-order valence-electron chi connectivity index (χ1n) is 9.07. The van der Waals surface area contributed by atoms with E-state index in [1.807, 2.05) is 30.3 Å². The van der Waals surface area contributed by atoms with Crippen LogP contribution in [0.25, 0.3) is 10.9 Å². The maximum atomic E-state index is 12.9. The van der Waals surface area contributed by atoms with E-state index in [1.165, 1.54) is 11.0 Å². The first-order valence-corrected chi connectivity index (χ1v) is 9.07. The van der Waals surface area contributed by atoms with Gasteiger partial charge in [-0.1, -0.05) is 42.5 Å². The summed E-state index contributed by atoms with van der Waals surface area (Å²) in [6.07, 6.45) is 0.976. The zero-order chi connectivity index (χ0) is 20.2. The molecule has 146 valence electrons. The largest absolute Gasteiger partial charge is 0.453 e. The van der Waals surface area contributed by atoms with E-state index in [0.717, 1.165) is 5.56 Å². The molecular weight excluding hydrogens is 372 g/mol. The van der Waals surface area contributed by atoms with Crippen molar-refractivity contribution in [2.24, 2.45) is 0 Å². The van der Waals surface area contributed by atoms with Gasteiger partial charge in [-0.3, -0.25) is 4.79 Å². The number of aromatic amines is 1. The molecule has 0 unspecified atom stereocenters. The third-order valence-electron chi connectivity index (χ3n) is 4.54. The summed E-state index contributed by atoms with van der Waals surface area (Å²) in [4.78, 5) is 32.3. The molecule has 0 aliphatic rings. The van der Waals surface area contributed by atoms with Gasteiger partial charge in [-0.15, -0.1) is 5.10 Å². The standard InChI is InChI=1S/C20H18N6O3/c1-13(18-22-16-10-6-5-9-15(16)19(27)23-18)29-20(28)17(26-12-21-24-25-26)11-14-7-3-2-4-8-14/h2-10,12-13,17H,11H2,1H3,(H,22,23,27)/t13-,17+/m0/s1. The number of esters is 1. The average molecular weight is 390 g/mol. The van der Waals surface area contributed by atoms with Gasteiger partial charge < -0.3 is 9.72 Å². The van der Waals surface area contributed by atoms with Crippen molar-refractivity contribution < 1.29 is 9.53 Å². The van der Waals surface area contributed by atoms with Crippen LogP contribution in [-0.2, 0) is 16.0 Å². The Morgan fingerprint density at radius 1 is 1.14 bits per heavy atom. The first-order chi connectivity index (χ1) is 14.1. The third-order valence-corrected chi connectivity index (χ3v) is 4.54. The van der Waals surface area contributed by atoms with Gasteiger partial charge in [-0.25, -0.2) is 14.5 Å². The Balaban J connectivity index is 1.58. The fourth-order valence-corrected chi connectivity index (χ4v) is 3.04. The highest BCUT2D eigenvalue weighted by Gasteiger charge is 2.27. The van der Waals surface area contributed by atoms with Crippen LogP contribution in [0, 0.1) is 0 Å². The van der Waals surface area contributed by atoms with Crippen LogP contribution < -0.4 is 5.56 Å². The van der Waals surface area contributed by atoms with E-state index >= 15 is 0 Å². The van der Waals surface area contributed by atoms with Crippen LogP contribution in [-0.4, -0.2) is 36.1 Å². The number of para-hydroxylation sites is 1. The Hall–Kier alpha value is -3.88. The molecule has 0 radical (unpaired) electrons. The number of benzene rings is 2. The second kappa shape index (κ2) is 8.01. The van der Waals surface area contributed by atoms with E-state index in [-0.39, 0.29) is 11.4 Å². The van der Waals surface area contributed by atoms with Gasteiger partial charge in [0.2, 0.25) is 0 Å². The Morgan fingerprint density at radius 2 is 1.90 bits per heavy atom. The van der Waals surface area contributed by atoms with Gasteiger partial charge >= 0.3 is 5.97 Å². The van der Waals surface area contributed by atoms with Crippen LogP contribution in [0.2, 0.25) is 0 Å². The molecule has 2 heterocycles. The van der Waals surface area contributed by atoms with Crippen LogP contribution in [0.15, 0.2) is 65.7 Å². The van der Waals surface area contributed by atoms with E-state index in [1.54, 1.807) is 31.2 Å². The Bertz CT molecular complexity index is 1170. The van der Waals surface area contributed by atoms with Crippen molar-refractivity contribution in [2.75, 3.05) is 0 Å². The fourth-order valence-electron chi connectivity index (χ4n) is 3.04. The highest BCUT2D eigenvalue weighted by Crippen LogP contribution is 2.20. The molecule has 9 heteroatoms. The summed E-state index contributed by atoms with van der Waals surface area (Å²) in [5, 5.41) is 11.6. The van der Waals surface area contributed by atoms with Gasteiger partial charge in [0.25, 0.3) is 5.56 Å². The van der Waals surface area contributed by atoms with Crippen LogP contribution in [0.3, 0.4) is 0 Å². The van der Waals surface area contributed by atoms with E-state index in [9.17, 15) is 9.59 Å². The summed E-state index contributed by atoms with van der Waals surface area (Å²) in [7, 11) is 0. The Labute approximate surface area is 165 Å². The number of carbonyl (C=O) groups excluding carboxylic acids is 1. The Kier molecular flexibility index (Phi) is 5.10. The van der Waals surface area contributed by atoms with Gasteiger partial charge in [0.1, 0.15) is 6.33 Å². The van der Waals surface area contributed by atoms with Crippen molar-refractivity contribution in [1.82, 2.24) is 30.2 Å². The molecule has 4 rings (SSSR count). The monoisotopic (exact) mass is 390 g/mol. The number of nitrogens with zero attached hydrogens (tertiary/aromatic N) is 5. The lowest BCUT2D eigenvalue weighted by Crippen LogP contribution is -2.27. The molecule has 2 aromatic carbocycles. The molecule has 2 aromatic heterocycles. The molecule has 0 fully saturated rings. The summed E-state index contributed by atoms with van der Waals surface area (Å²) in [6, 6.07) is 15.8. The maximum Gasteiger partial charge on any atom is 0.332 e. The molecule has 1 N–H and O–H groups in total. The molecule has 4 aromatic rings. The number of H-pyrrole nitrogens is 1.